The van der Waals surface area contributed by atoms with Crippen molar-refractivity contribution in [3.05, 3.63) is 0 Å². The summed E-state index contributed by atoms with van der Waals surface area (Å²) in [5, 5.41) is 0. The summed E-state index contributed by atoms with van der Waals surface area (Å²) in [6.45, 7) is -0.494. The molecule has 2 atom stereocenters. The Kier molecular flexibility index (Phi) is 4.05. The Morgan fingerprint density at radius 1 is 1.33 bits per heavy atom. The minimum atomic E-state index is -4.26. The van der Waals surface area contributed by atoms with E-state index >= 15 is 0 Å². The average Bonchev–Trinajstić information content (AvgIpc) is 2.22. The fourth-order valence-corrected chi connectivity index (χ4v) is 4.71. The van der Waals surface area contributed by atoms with Gasteiger partial charge >= 0.3 is 6.18 Å². The molecule has 1 rings (SSSR count). The predicted octanol–water partition coefficient (Wildman–Crippen LogP) is 1.52. The fourth-order valence-electron chi connectivity index (χ4n) is 1.25. The first-order valence-corrected chi connectivity index (χ1v) is 6.96. The summed E-state index contributed by atoms with van der Waals surface area (Å²) in [7, 11) is -3.16. The molecule has 0 aromatic carbocycles. The SMILES string of the molecule is O=S1(=O)CC(Br)C(OCCC(F)(F)F)C1. The number of halogens is 4. The number of ether oxygens (including phenoxy) is 1. The molecule has 3 nitrogen and oxygen atoms in total. The van der Waals surface area contributed by atoms with Crippen molar-refractivity contribution in [3.63, 3.8) is 0 Å². The first-order valence-electron chi connectivity index (χ1n) is 4.22. The van der Waals surface area contributed by atoms with Gasteiger partial charge in [0.1, 0.15) is 0 Å². The number of sulfone groups is 1. The lowest BCUT2D eigenvalue weighted by molar-refractivity contribution is -0.147. The van der Waals surface area contributed by atoms with Crippen LogP contribution in [0.15, 0.2) is 0 Å². The molecule has 0 amide bonds. The summed E-state index contributed by atoms with van der Waals surface area (Å²) in [5.41, 5.74) is 0. The zero-order valence-electron chi connectivity index (χ0n) is 7.63. The second-order valence-corrected chi connectivity index (χ2v) is 6.70. The fraction of sp³-hybridized carbons (Fsp3) is 1.00. The highest BCUT2D eigenvalue weighted by Crippen LogP contribution is 2.24. The molecular weight excluding hydrogens is 301 g/mol. The standard InChI is InChI=1S/C7H10BrF3O3S/c8-5-3-15(12,13)4-6(5)14-2-1-7(9,10)11/h5-6H,1-4H2. The summed E-state index contributed by atoms with van der Waals surface area (Å²) < 4.78 is 62.3. The Labute approximate surface area is 94.0 Å². The van der Waals surface area contributed by atoms with Crippen molar-refractivity contribution >= 4 is 25.8 Å². The van der Waals surface area contributed by atoms with Crippen LogP contribution in [0.2, 0.25) is 0 Å². The monoisotopic (exact) mass is 310 g/mol. The summed E-state index contributed by atoms with van der Waals surface area (Å²) >= 11 is 3.08. The van der Waals surface area contributed by atoms with E-state index in [9.17, 15) is 21.6 Å². The molecule has 1 fully saturated rings. The Morgan fingerprint density at radius 3 is 2.33 bits per heavy atom. The molecule has 0 aromatic heterocycles. The van der Waals surface area contributed by atoms with Gasteiger partial charge < -0.3 is 4.74 Å². The second kappa shape index (κ2) is 4.58. The van der Waals surface area contributed by atoms with Crippen molar-refractivity contribution in [3.8, 4) is 0 Å². The molecule has 0 radical (unpaired) electrons. The molecule has 1 heterocycles. The van der Waals surface area contributed by atoms with Crippen molar-refractivity contribution in [1.82, 2.24) is 0 Å². The second-order valence-electron chi connectivity index (χ2n) is 3.37. The third kappa shape index (κ3) is 4.69. The van der Waals surface area contributed by atoms with Gasteiger partial charge in [-0.05, 0) is 0 Å². The van der Waals surface area contributed by atoms with Crippen LogP contribution in [0, 0.1) is 0 Å². The molecule has 8 heteroatoms. The molecule has 1 aliphatic heterocycles. The zero-order valence-corrected chi connectivity index (χ0v) is 10.0. The molecule has 15 heavy (non-hydrogen) atoms. The molecule has 0 saturated carbocycles. The van der Waals surface area contributed by atoms with Gasteiger partial charge in [-0.15, -0.1) is 0 Å². The van der Waals surface area contributed by atoms with Crippen LogP contribution in [0.1, 0.15) is 6.42 Å². The maximum absolute atomic E-state index is 11.8. The lowest BCUT2D eigenvalue weighted by Crippen LogP contribution is -2.24. The first-order chi connectivity index (χ1) is 6.70. The molecule has 2 unspecified atom stereocenters. The molecular formula is C7H10BrF3O3S. The third-order valence-corrected chi connectivity index (χ3v) is 5.00. The number of hydrogen-bond acceptors (Lipinski definition) is 3. The molecule has 0 aliphatic carbocycles. The number of rotatable bonds is 3. The Bertz CT molecular complexity index is 314. The minimum Gasteiger partial charge on any atom is -0.376 e. The topological polar surface area (TPSA) is 43.4 Å². The van der Waals surface area contributed by atoms with E-state index in [1.807, 2.05) is 0 Å². The quantitative estimate of drug-likeness (QED) is 0.742. The third-order valence-electron chi connectivity index (χ3n) is 1.95. The van der Waals surface area contributed by atoms with Crippen LogP contribution in [-0.2, 0) is 14.6 Å². The predicted molar refractivity (Wildman–Crippen MR) is 51.8 cm³/mol. The molecule has 1 aliphatic rings. The van der Waals surface area contributed by atoms with E-state index in [4.69, 9.17) is 4.74 Å². The van der Waals surface area contributed by atoms with Crippen molar-refractivity contribution in [2.45, 2.75) is 23.5 Å². The first kappa shape index (κ1) is 13.2. The average molecular weight is 311 g/mol. The number of alkyl halides is 4. The summed E-state index contributed by atoms with van der Waals surface area (Å²) in [5.74, 6) is -0.287. The van der Waals surface area contributed by atoms with Crippen LogP contribution in [0.25, 0.3) is 0 Å². The van der Waals surface area contributed by atoms with Crippen LogP contribution in [0.4, 0.5) is 13.2 Å². The van der Waals surface area contributed by atoms with Crippen molar-refractivity contribution in [2.75, 3.05) is 18.1 Å². The van der Waals surface area contributed by atoms with Gasteiger partial charge in [-0.1, -0.05) is 15.9 Å². The van der Waals surface area contributed by atoms with Gasteiger partial charge in [-0.2, -0.15) is 13.2 Å². The summed E-state index contributed by atoms with van der Waals surface area (Å²) in [6, 6.07) is 0. The zero-order chi connectivity index (χ0) is 11.7. The van der Waals surface area contributed by atoms with E-state index < -0.39 is 40.0 Å². The van der Waals surface area contributed by atoms with Gasteiger partial charge in [0, 0.05) is 0 Å². The lowest BCUT2D eigenvalue weighted by Gasteiger charge is -2.14. The van der Waals surface area contributed by atoms with E-state index in [0.717, 1.165) is 0 Å². The Balaban J connectivity index is 2.35. The highest BCUT2D eigenvalue weighted by Gasteiger charge is 2.37. The smallest absolute Gasteiger partial charge is 0.376 e. The normalized spacial score (nSPS) is 30.7. The molecule has 0 spiro atoms. The largest absolute Gasteiger partial charge is 0.391 e. The van der Waals surface area contributed by atoms with E-state index in [1.54, 1.807) is 0 Å². The van der Waals surface area contributed by atoms with E-state index in [0.29, 0.717) is 0 Å². The van der Waals surface area contributed by atoms with Crippen LogP contribution < -0.4 is 0 Å². The maximum Gasteiger partial charge on any atom is 0.391 e. The highest BCUT2D eigenvalue weighted by molar-refractivity contribution is 9.09. The van der Waals surface area contributed by atoms with E-state index in [1.165, 1.54) is 0 Å². The molecule has 0 aromatic rings. The molecule has 0 bridgehead atoms. The number of hydrogen-bond donors (Lipinski definition) is 0. The Morgan fingerprint density at radius 2 is 1.93 bits per heavy atom. The van der Waals surface area contributed by atoms with Crippen LogP contribution >= 0.6 is 15.9 Å². The Hall–Kier alpha value is 0.180. The van der Waals surface area contributed by atoms with Crippen LogP contribution in [0.3, 0.4) is 0 Å². The van der Waals surface area contributed by atoms with Crippen molar-refractivity contribution in [1.29, 1.82) is 0 Å². The van der Waals surface area contributed by atoms with E-state index in [2.05, 4.69) is 15.9 Å². The van der Waals surface area contributed by atoms with Crippen LogP contribution in [0.5, 0.6) is 0 Å². The van der Waals surface area contributed by atoms with Gasteiger partial charge in [-0.3, -0.25) is 0 Å². The van der Waals surface area contributed by atoms with Gasteiger partial charge in [0.2, 0.25) is 0 Å². The lowest BCUT2D eigenvalue weighted by atomic mass is 10.3. The molecule has 90 valence electrons. The van der Waals surface area contributed by atoms with Gasteiger partial charge in [-0.25, -0.2) is 8.42 Å². The van der Waals surface area contributed by atoms with Crippen molar-refractivity contribution in [2.24, 2.45) is 0 Å². The van der Waals surface area contributed by atoms with Crippen LogP contribution in [-0.4, -0.2) is 43.6 Å². The van der Waals surface area contributed by atoms with Gasteiger partial charge in [0.15, 0.2) is 9.84 Å². The summed E-state index contributed by atoms with van der Waals surface area (Å²) in [4.78, 5) is -0.407. The summed E-state index contributed by atoms with van der Waals surface area (Å²) in [6.07, 6.45) is -5.99. The molecule has 0 N–H and O–H groups in total. The highest BCUT2D eigenvalue weighted by atomic mass is 79.9. The van der Waals surface area contributed by atoms with Gasteiger partial charge in [0.05, 0.1) is 35.5 Å². The maximum atomic E-state index is 11.8. The minimum absolute atomic E-state index is 0.0797. The molecule has 1 saturated heterocycles. The van der Waals surface area contributed by atoms with Crippen molar-refractivity contribution < 1.29 is 26.3 Å². The van der Waals surface area contributed by atoms with Gasteiger partial charge in [0.25, 0.3) is 0 Å². The van der Waals surface area contributed by atoms with E-state index in [-0.39, 0.29) is 11.5 Å².